The van der Waals surface area contributed by atoms with Gasteiger partial charge in [-0.25, -0.2) is 14.8 Å². The van der Waals surface area contributed by atoms with E-state index < -0.39 is 5.97 Å². The zero-order valence-corrected chi connectivity index (χ0v) is 13.3. The summed E-state index contributed by atoms with van der Waals surface area (Å²) in [5.41, 5.74) is 0.919. The Labute approximate surface area is 138 Å². The molecule has 0 radical (unpaired) electrons. The molecule has 3 heterocycles. The van der Waals surface area contributed by atoms with E-state index in [0.29, 0.717) is 37.2 Å². The van der Waals surface area contributed by atoms with Crippen LogP contribution < -0.4 is 5.32 Å². The second-order valence-corrected chi connectivity index (χ2v) is 5.51. The van der Waals surface area contributed by atoms with Gasteiger partial charge in [-0.05, 0) is 18.6 Å². The van der Waals surface area contributed by atoms with Crippen molar-refractivity contribution in [3.63, 3.8) is 0 Å². The Hall–Kier alpha value is -2.45. The van der Waals surface area contributed by atoms with Crippen LogP contribution in [0.2, 0.25) is 0 Å². The van der Waals surface area contributed by atoms with Crippen LogP contribution in [0, 0.1) is 0 Å². The van der Waals surface area contributed by atoms with Crippen LogP contribution in [0.15, 0.2) is 22.6 Å². The predicted molar refractivity (Wildman–Crippen MR) is 83.9 cm³/mol. The molecule has 2 aromatic heterocycles. The minimum absolute atomic E-state index is 0.0849. The van der Waals surface area contributed by atoms with E-state index in [1.54, 1.807) is 13.2 Å². The number of nitrogens with one attached hydrogen (secondary N) is 1. The molecule has 3 rings (SSSR count). The van der Waals surface area contributed by atoms with E-state index >= 15 is 0 Å². The number of hydrogen-bond acceptors (Lipinski definition) is 7. The lowest BCUT2D eigenvalue weighted by Gasteiger charge is -2.12. The highest BCUT2D eigenvalue weighted by Crippen LogP contribution is 2.25. The molecule has 1 saturated heterocycles. The first kappa shape index (κ1) is 16.4. The molecule has 2 aromatic rings. The van der Waals surface area contributed by atoms with Crippen molar-refractivity contribution in [3.05, 3.63) is 41.2 Å². The number of carboxylic acids is 1. The van der Waals surface area contributed by atoms with Gasteiger partial charge in [-0.1, -0.05) is 0 Å². The van der Waals surface area contributed by atoms with E-state index in [4.69, 9.17) is 19.0 Å². The molecule has 1 aliphatic heterocycles. The number of carbonyl (C=O) groups is 1. The Morgan fingerprint density at radius 3 is 3.00 bits per heavy atom. The van der Waals surface area contributed by atoms with Gasteiger partial charge in [0.05, 0.1) is 18.8 Å². The average molecular weight is 333 g/mol. The van der Waals surface area contributed by atoms with Crippen LogP contribution in [0.5, 0.6) is 0 Å². The maximum Gasteiger partial charge on any atom is 0.371 e. The molecule has 1 fully saturated rings. The third-order valence-corrected chi connectivity index (χ3v) is 3.73. The van der Waals surface area contributed by atoms with Crippen LogP contribution in [0.3, 0.4) is 0 Å². The number of anilines is 1. The summed E-state index contributed by atoms with van der Waals surface area (Å²) >= 11 is 0. The molecule has 8 nitrogen and oxygen atoms in total. The summed E-state index contributed by atoms with van der Waals surface area (Å²) in [7, 11) is 1.60. The van der Waals surface area contributed by atoms with E-state index in [0.717, 1.165) is 18.7 Å². The molecular weight excluding hydrogens is 314 g/mol. The second-order valence-electron chi connectivity index (χ2n) is 5.51. The molecule has 0 amide bonds. The first-order valence-corrected chi connectivity index (χ1v) is 7.66. The first-order valence-electron chi connectivity index (χ1n) is 7.66. The lowest BCUT2D eigenvalue weighted by Crippen LogP contribution is -2.10. The lowest BCUT2D eigenvalue weighted by molar-refractivity contribution is 0.0660. The summed E-state index contributed by atoms with van der Waals surface area (Å²) in [5.74, 6) is 0.839. The molecular formula is C16H19N3O5. The fraction of sp³-hybridized carbons (Fsp3) is 0.438. The Morgan fingerprint density at radius 2 is 2.33 bits per heavy atom. The summed E-state index contributed by atoms with van der Waals surface area (Å²) in [5, 5.41) is 12.0. The van der Waals surface area contributed by atoms with Crippen LogP contribution in [0.4, 0.5) is 5.82 Å². The van der Waals surface area contributed by atoms with Crippen LogP contribution in [0.1, 0.15) is 40.2 Å². The maximum atomic E-state index is 10.8. The highest BCUT2D eigenvalue weighted by molar-refractivity contribution is 5.84. The Kier molecular flexibility index (Phi) is 5.07. The topological polar surface area (TPSA) is 107 Å². The standard InChI is InChI=1S/C16H19N3O5/c1-22-9-15-18-12(10-4-5-23-8-10)6-14(19-15)17-7-11-2-3-13(24-11)16(20)21/h2-3,6,10H,4-5,7-9H2,1H3,(H,20,21)(H,17,18,19). The van der Waals surface area contributed by atoms with Gasteiger partial charge in [0, 0.05) is 25.7 Å². The maximum absolute atomic E-state index is 10.8. The Bertz CT molecular complexity index is 709. The second kappa shape index (κ2) is 7.41. The fourth-order valence-corrected chi connectivity index (χ4v) is 2.54. The number of aromatic carboxylic acids is 1. The first-order chi connectivity index (χ1) is 11.7. The summed E-state index contributed by atoms with van der Waals surface area (Å²) in [4.78, 5) is 19.8. The Morgan fingerprint density at radius 1 is 1.46 bits per heavy atom. The van der Waals surface area contributed by atoms with Crippen molar-refractivity contribution in [2.75, 3.05) is 25.6 Å². The normalized spacial score (nSPS) is 17.1. The van der Waals surface area contributed by atoms with E-state index in [9.17, 15) is 4.79 Å². The van der Waals surface area contributed by atoms with Crippen molar-refractivity contribution < 1.29 is 23.8 Å². The minimum Gasteiger partial charge on any atom is -0.475 e. The van der Waals surface area contributed by atoms with E-state index in [-0.39, 0.29) is 11.7 Å². The monoisotopic (exact) mass is 333 g/mol. The average Bonchev–Trinajstić information content (AvgIpc) is 3.25. The third kappa shape index (κ3) is 3.90. The van der Waals surface area contributed by atoms with Gasteiger partial charge in [0.1, 0.15) is 18.2 Å². The number of carboxylic acid groups (broad SMARTS) is 1. The van der Waals surface area contributed by atoms with E-state index in [1.165, 1.54) is 6.07 Å². The number of nitrogens with zero attached hydrogens (tertiary/aromatic N) is 2. The zero-order valence-electron chi connectivity index (χ0n) is 13.3. The van der Waals surface area contributed by atoms with Crippen molar-refractivity contribution >= 4 is 11.8 Å². The van der Waals surface area contributed by atoms with Crippen molar-refractivity contribution in [2.45, 2.75) is 25.5 Å². The SMILES string of the molecule is COCc1nc(NCc2ccc(C(=O)O)o2)cc(C2CCOC2)n1. The number of furan rings is 1. The highest BCUT2D eigenvalue weighted by atomic mass is 16.5. The molecule has 1 unspecified atom stereocenters. The molecule has 0 spiro atoms. The number of hydrogen-bond donors (Lipinski definition) is 2. The van der Waals surface area contributed by atoms with Gasteiger partial charge in [-0.15, -0.1) is 0 Å². The van der Waals surface area contributed by atoms with Crippen molar-refractivity contribution in [2.24, 2.45) is 0 Å². The number of methoxy groups -OCH3 is 1. The molecule has 0 aromatic carbocycles. The number of ether oxygens (including phenoxy) is 2. The zero-order chi connectivity index (χ0) is 16.9. The van der Waals surface area contributed by atoms with Gasteiger partial charge in [0.15, 0.2) is 5.82 Å². The van der Waals surface area contributed by atoms with Gasteiger partial charge >= 0.3 is 5.97 Å². The summed E-state index contributed by atoms with van der Waals surface area (Å²) in [6, 6.07) is 4.94. The third-order valence-electron chi connectivity index (χ3n) is 3.73. The van der Waals surface area contributed by atoms with Crippen molar-refractivity contribution in [3.8, 4) is 0 Å². The van der Waals surface area contributed by atoms with Crippen LogP contribution in [-0.4, -0.2) is 41.4 Å². The lowest BCUT2D eigenvalue weighted by atomic mass is 10.0. The van der Waals surface area contributed by atoms with Crippen molar-refractivity contribution in [1.29, 1.82) is 0 Å². The molecule has 8 heteroatoms. The van der Waals surface area contributed by atoms with Gasteiger partial charge in [0.2, 0.25) is 5.76 Å². The van der Waals surface area contributed by atoms with Crippen LogP contribution in [-0.2, 0) is 22.6 Å². The fourth-order valence-electron chi connectivity index (χ4n) is 2.54. The molecule has 0 aliphatic carbocycles. The van der Waals surface area contributed by atoms with Gasteiger partial charge in [0.25, 0.3) is 0 Å². The molecule has 1 atom stereocenters. The summed E-state index contributed by atoms with van der Waals surface area (Å²) in [6.45, 7) is 2.04. The number of aromatic nitrogens is 2. The van der Waals surface area contributed by atoms with Crippen LogP contribution >= 0.6 is 0 Å². The van der Waals surface area contributed by atoms with E-state index in [1.807, 2.05) is 6.07 Å². The largest absolute Gasteiger partial charge is 0.475 e. The van der Waals surface area contributed by atoms with Crippen molar-refractivity contribution in [1.82, 2.24) is 9.97 Å². The van der Waals surface area contributed by atoms with Gasteiger partial charge in [-0.3, -0.25) is 0 Å². The summed E-state index contributed by atoms with van der Waals surface area (Å²) < 4.78 is 15.8. The molecule has 2 N–H and O–H groups in total. The summed E-state index contributed by atoms with van der Waals surface area (Å²) in [6.07, 6.45) is 0.934. The van der Waals surface area contributed by atoms with Gasteiger partial charge < -0.3 is 24.3 Å². The molecule has 1 aliphatic rings. The smallest absolute Gasteiger partial charge is 0.371 e. The van der Waals surface area contributed by atoms with Gasteiger partial charge in [-0.2, -0.15) is 0 Å². The molecule has 0 saturated carbocycles. The Balaban J connectivity index is 1.74. The molecule has 0 bridgehead atoms. The highest BCUT2D eigenvalue weighted by Gasteiger charge is 2.21. The van der Waals surface area contributed by atoms with E-state index in [2.05, 4.69) is 15.3 Å². The predicted octanol–water partition coefficient (Wildman–Crippen LogP) is 2.03. The molecule has 128 valence electrons. The quantitative estimate of drug-likeness (QED) is 0.792. The minimum atomic E-state index is -1.09. The number of rotatable bonds is 7. The van der Waals surface area contributed by atoms with Crippen LogP contribution in [0.25, 0.3) is 0 Å². The molecule has 24 heavy (non-hydrogen) atoms.